The third-order valence-electron chi connectivity index (χ3n) is 2.02. The molecule has 1 unspecified atom stereocenters. The van der Waals surface area contributed by atoms with Gasteiger partial charge in [-0.3, -0.25) is 0 Å². The minimum atomic E-state index is -0.787. The van der Waals surface area contributed by atoms with Crippen LogP contribution in [0.1, 0.15) is 30.8 Å². The standard InChI is InChI=1S/C8H11N5OS/c1-2-3-13-7(5-9-12-13)8(14)6-4-10-15-11-6/h4-5,8,14H,2-3H2,1H3. The van der Waals surface area contributed by atoms with E-state index in [1.54, 1.807) is 17.1 Å². The van der Waals surface area contributed by atoms with Crippen molar-refractivity contribution < 1.29 is 5.11 Å². The molecule has 15 heavy (non-hydrogen) atoms. The summed E-state index contributed by atoms with van der Waals surface area (Å²) in [5.74, 6) is 0. The second kappa shape index (κ2) is 4.45. The van der Waals surface area contributed by atoms with E-state index in [0.717, 1.165) is 24.7 Å². The Morgan fingerprint density at radius 1 is 1.53 bits per heavy atom. The second-order valence-electron chi connectivity index (χ2n) is 3.12. The molecular formula is C8H11N5OS. The van der Waals surface area contributed by atoms with Gasteiger partial charge in [0.1, 0.15) is 11.8 Å². The molecule has 0 amide bonds. The van der Waals surface area contributed by atoms with Crippen LogP contribution in [-0.2, 0) is 6.54 Å². The summed E-state index contributed by atoms with van der Waals surface area (Å²) in [4.78, 5) is 0. The molecule has 2 aromatic heterocycles. The van der Waals surface area contributed by atoms with Gasteiger partial charge in [0.15, 0.2) is 0 Å². The summed E-state index contributed by atoms with van der Waals surface area (Å²) in [7, 11) is 0. The number of nitrogens with zero attached hydrogens (tertiary/aromatic N) is 5. The van der Waals surface area contributed by atoms with E-state index in [9.17, 15) is 5.11 Å². The normalized spacial score (nSPS) is 12.9. The van der Waals surface area contributed by atoms with Gasteiger partial charge in [-0.15, -0.1) is 5.10 Å². The highest BCUT2D eigenvalue weighted by Gasteiger charge is 2.18. The maximum atomic E-state index is 9.98. The fourth-order valence-corrected chi connectivity index (χ4v) is 1.75. The van der Waals surface area contributed by atoms with Crippen molar-refractivity contribution in [2.24, 2.45) is 0 Å². The Morgan fingerprint density at radius 2 is 2.40 bits per heavy atom. The monoisotopic (exact) mass is 225 g/mol. The highest BCUT2D eigenvalue weighted by molar-refractivity contribution is 6.99. The molecule has 0 fully saturated rings. The number of aliphatic hydroxyl groups excluding tert-OH is 1. The largest absolute Gasteiger partial charge is 0.380 e. The summed E-state index contributed by atoms with van der Waals surface area (Å²) >= 11 is 1.07. The van der Waals surface area contributed by atoms with Crippen LogP contribution in [0.25, 0.3) is 0 Å². The van der Waals surface area contributed by atoms with Crippen molar-refractivity contribution in [2.45, 2.75) is 26.0 Å². The lowest BCUT2D eigenvalue weighted by atomic mass is 10.2. The predicted molar refractivity (Wildman–Crippen MR) is 54.3 cm³/mol. The van der Waals surface area contributed by atoms with Crippen LogP contribution in [0.4, 0.5) is 0 Å². The van der Waals surface area contributed by atoms with Gasteiger partial charge < -0.3 is 5.11 Å². The summed E-state index contributed by atoms with van der Waals surface area (Å²) in [6.07, 6.45) is 3.27. The molecule has 0 bridgehead atoms. The Kier molecular flexibility index (Phi) is 3.02. The third-order valence-corrected chi connectivity index (χ3v) is 2.51. The smallest absolute Gasteiger partial charge is 0.142 e. The van der Waals surface area contributed by atoms with Gasteiger partial charge in [-0.2, -0.15) is 8.75 Å². The third kappa shape index (κ3) is 2.02. The molecule has 0 aliphatic heterocycles. The quantitative estimate of drug-likeness (QED) is 0.825. The van der Waals surface area contributed by atoms with Gasteiger partial charge in [-0.05, 0) is 6.42 Å². The molecule has 0 saturated heterocycles. The van der Waals surface area contributed by atoms with Crippen molar-refractivity contribution in [3.63, 3.8) is 0 Å². The highest BCUT2D eigenvalue weighted by Crippen LogP contribution is 2.19. The Bertz CT molecular complexity index is 412. The molecule has 0 aliphatic rings. The molecule has 80 valence electrons. The summed E-state index contributed by atoms with van der Waals surface area (Å²) in [5.41, 5.74) is 1.20. The molecule has 1 N–H and O–H groups in total. The van der Waals surface area contributed by atoms with Gasteiger partial charge in [0.25, 0.3) is 0 Å². The predicted octanol–water partition coefficient (Wildman–Crippen LogP) is 0.621. The maximum absolute atomic E-state index is 9.98. The molecule has 0 aromatic carbocycles. The summed E-state index contributed by atoms with van der Waals surface area (Å²) in [6.45, 7) is 2.78. The number of aliphatic hydroxyl groups is 1. The van der Waals surface area contributed by atoms with E-state index < -0.39 is 6.10 Å². The van der Waals surface area contributed by atoms with E-state index in [4.69, 9.17) is 0 Å². The van der Waals surface area contributed by atoms with Crippen LogP contribution in [0.2, 0.25) is 0 Å². The van der Waals surface area contributed by atoms with E-state index in [-0.39, 0.29) is 0 Å². The molecule has 2 heterocycles. The SMILES string of the molecule is CCCn1nncc1C(O)c1cnsn1. The lowest BCUT2D eigenvalue weighted by Crippen LogP contribution is -2.10. The fourth-order valence-electron chi connectivity index (χ4n) is 1.31. The van der Waals surface area contributed by atoms with Crippen molar-refractivity contribution in [3.8, 4) is 0 Å². The van der Waals surface area contributed by atoms with Gasteiger partial charge in [-0.25, -0.2) is 4.68 Å². The molecule has 6 nitrogen and oxygen atoms in total. The van der Waals surface area contributed by atoms with Crippen molar-refractivity contribution >= 4 is 11.7 Å². The lowest BCUT2D eigenvalue weighted by molar-refractivity contribution is 0.203. The van der Waals surface area contributed by atoms with Crippen molar-refractivity contribution in [2.75, 3.05) is 0 Å². The van der Waals surface area contributed by atoms with Gasteiger partial charge in [0.2, 0.25) is 0 Å². The van der Waals surface area contributed by atoms with Crippen LogP contribution in [0.3, 0.4) is 0 Å². The van der Waals surface area contributed by atoms with E-state index in [1.165, 1.54) is 0 Å². The van der Waals surface area contributed by atoms with Crippen LogP contribution in [0.5, 0.6) is 0 Å². The average molecular weight is 225 g/mol. The van der Waals surface area contributed by atoms with Gasteiger partial charge in [0.05, 0.1) is 29.8 Å². The Hall–Kier alpha value is -1.34. The second-order valence-corrected chi connectivity index (χ2v) is 3.67. The molecule has 2 aromatic rings. The zero-order valence-electron chi connectivity index (χ0n) is 8.24. The first-order valence-corrected chi connectivity index (χ1v) is 5.40. The van der Waals surface area contributed by atoms with Gasteiger partial charge in [-0.1, -0.05) is 12.1 Å². The first-order valence-electron chi connectivity index (χ1n) is 4.66. The highest BCUT2D eigenvalue weighted by atomic mass is 32.1. The summed E-state index contributed by atoms with van der Waals surface area (Å²) in [5, 5.41) is 17.7. The van der Waals surface area contributed by atoms with E-state index in [2.05, 4.69) is 19.1 Å². The number of rotatable bonds is 4. The average Bonchev–Trinajstić information content (AvgIpc) is 2.87. The van der Waals surface area contributed by atoms with E-state index in [1.807, 2.05) is 6.92 Å². The van der Waals surface area contributed by atoms with Crippen LogP contribution in [-0.4, -0.2) is 28.8 Å². The maximum Gasteiger partial charge on any atom is 0.142 e. The van der Waals surface area contributed by atoms with Crippen LogP contribution >= 0.6 is 11.7 Å². The zero-order valence-corrected chi connectivity index (χ0v) is 9.05. The van der Waals surface area contributed by atoms with Gasteiger partial charge >= 0.3 is 0 Å². The zero-order chi connectivity index (χ0) is 10.7. The van der Waals surface area contributed by atoms with Crippen LogP contribution < -0.4 is 0 Å². The van der Waals surface area contributed by atoms with Crippen LogP contribution in [0.15, 0.2) is 12.4 Å². The molecule has 1 atom stereocenters. The minimum absolute atomic E-state index is 0.541. The Balaban J connectivity index is 2.25. The number of aromatic nitrogens is 5. The molecule has 0 radical (unpaired) electrons. The number of hydrogen-bond acceptors (Lipinski definition) is 6. The number of hydrogen-bond donors (Lipinski definition) is 1. The van der Waals surface area contributed by atoms with Crippen molar-refractivity contribution in [1.29, 1.82) is 0 Å². The molecule has 0 spiro atoms. The summed E-state index contributed by atoms with van der Waals surface area (Å²) < 4.78 is 9.52. The fraction of sp³-hybridized carbons (Fsp3) is 0.500. The van der Waals surface area contributed by atoms with Crippen LogP contribution in [0, 0.1) is 0 Å². The molecule has 7 heteroatoms. The Labute approximate surface area is 90.9 Å². The lowest BCUT2D eigenvalue weighted by Gasteiger charge is -2.08. The van der Waals surface area contributed by atoms with Crippen molar-refractivity contribution in [3.05, 3.63) is 23.8 Å². The van der Waals surface area contributed by atoms with Crippen molar-refractivity contribution in [1.82, 2.24) is 23.7 Å². The molecule has 0 saturated carbocycles. The topological polar surface area (TPSA) is 76.7 Å². The number of aryl methyl sites for hydroxylation is 1. The first-order chi connectivity index (χ1) is 7.33. The van der Waals surface area contributed by atoms with E-state index in [0.29, 0.717) is 11.4 Å². The van der Waals surface area contributed by atoms with E-state index >= 15 is 0 Å². The minimum Gasteiger partial charge on any atom is -0.380 e. The molecule has 2 rings (SSSR count). The molecule has 0 aliphatic carbocycles. The Morgan fingerprint density at radius 3 is 3.07 bits per heavy atom. The summed E-state index contributed by atoms with van der Waals surface area (Å²) in [6, 6.07) is 0. The first kappa shape index (κ1) is 10.2. The molecular weight excluding hydrogens is 214 g/mol. The van der Waals surface area contributed by atoms with Gasteiger partial charge in [0, 0.05) is 6.54 Å².